The van der Waals surface area contributed by atoms with Crippen molar-refractivity contribution in [1.29, 1.82) is 5.26 Å². The first-order valence-electron chi connectivity index (χ1n) is 5.94. The number of carbonyl (C=O) groups is 1. The van der Waals surface area contributed by atoms with Crippen molar-refractivity contribution in [3.8, 4) is 6.07 Å². The minimum Gasteiger partial charge on any atom is -0.323 e. The standard InChI is InChI=1S/C12H21N3O/c1-8(2)6-11(14)12(16)15-9(3)4-5-10(15)7-13/h8-11H,4-6,14H2,1-3H3/t9-,10+,11+/m1/s1. The van der Waals surface area contributed by atoms with Crippen LogP contribution in [0, 0.1) is 17.2 Å². The number of rotatable bonds is 3. The fourth-order valence-corrected chi connectivity index (χ4v) is 2.28. The molecule has 0 saturated carbocycles. The maximum Gasteiger partial charge on any atom is 0.240 e. The van der Waals surface area contributed by atoms with E-state index in [0.29, 0.717) is 12.3 Å². The molecule has 4 nitrogen and oxygen atoms in total. The Morgan fingerprint density at radius 3 is 2.69 bits per heavy atom. The molecule has 0 spiro atoms. The summed E-state index contributed by atoms with van der Waals surface area (Å²) in [5, 5.41) is 8.98. The predicted molar refractivity (Wildman–Crippen MR) is 62.4 cm³/mol. The molecule has 0 aliphatic carbocycles. The SMILES string of the molecule is CC(C)C[C@H](N)C(=O)N1[C@H](C)CC[C@H]1C#N. The van der Waals surface area contributed by atoms with Crippen molar-refractivity contribution in [1.82, 2.24) is 4.90 Å². The summed E-state index contributed by atoms with van der Waals surface area (Å²) < 4.78 is 0. The number of carbonyl (C=O) groups excluding carboxylic acids is 1. The van der Waals surface area contributed by atoms with Gasteiger partial charge in [-0.05, 0) is 32.1 Å². The van der Waals surface area contributed by atoms with Gasteiger partial charge in [0.25, 0.3) is 0 Å². The Kier molecular flexibility index (Phi) is 4.31. The van der Waals surface area contributed by atoms with Crippen LogP contribution in [-0.2, 0) is 4.79 Å². The molecular formula is C12H21N3O. The van der Waals surface area contributed by atoms with Crippen LogP contribution >= 0.6 is 0 Å². The van der Waals surface area contributed by atoms with Crippen LogP contribution in [0.4, 0.5) is 0 Å². The van der Waals surface area contributed by atoms with E-state index >= 15 is 0 Å². The maximum atomic E-state index is 12.1. The number of likely N-dealkylation sites (tertiary alicyclic amines) is 1. The lowest BCUT2D eigenvalue weighted by molar-refractivity contribution is -0.134. The van der Waals surface area contributed by atoms with Crippen LogP contribution in [0.15, 0.2) is 0 Å². The van der Waals surface area contributed by atoms with Crippen molar-refractivity contribution in [2.45, 2.75) is 58.2 Å². The van der Waals surface area contributed by atoms with Gasteiger partial charge in [-0.1, -0.05) is 13.8 Å². The minimum atomic E-state index is -0.462. The van der Waals surface area contributed by atoms with Crippen molar-refractivity contribution in [2.24, 2.45) is 11.7 Å². The normalized spacial score (nSPS) is 26.9. The summed E-state index contributed by atoms with van der Waals surface area (Å²) in [6.45, 7) is 6.07. The molecule has 2 N–H and O–H groups in total. The largest absolute Gasteiger partial charge is 0.323 e. The van der Waals surface area contributed by atoms with E-state index in [-0.39, 0.29) is 18.0 Å². The van der Waals surface area contributed by atoms with Crippen LogP contribution < -0.4 is 5.73 Å². The second kappa shape index (κ2) is 5.31. The van der Waals surface area contributed by atoms with E-state index in [0.717, 1.165) is 12.8 Å². The Morgan fingerprint density at radius 1 is 1.56 bits per heavy atom. The van der Waals surface area contributed by atoms with Crippen molar-refractivity contribution in [3.63, 3.8) is 0 Å². The van der Waals surface area contributed by atoms with Crippen molar-refractivity contribution in [3.05, 3.63) is 0 Å². The molecule has 1 aliphatic heterocycles. The Hall–Kier alpha value is -1.08. The monoisotopic (exact) mass is 223 g/mol. The first kappa shape index (κ1) is 13.0. The zero-order chi connectivity index (χ0) is 12.3. The summed E-state index contributed by atoms with van der Waals surface area (Å²) in [5.41, 5.74) is 5.88. The molecule has 0 aromatic carbocycles. The Morgan fingerprint density at radius 2 is 2.19 bits per heavy atom. The van der Waals surface area contributed by atoms with E-state index in [1.165, 1.54) is 0 Å². The van der Waals surface area contributed by atoms with Gasteiger partial charge in [0.1, 0.15) is 6.04 Å². The second-order valence-electron chi connectivity index (χ2n) is 5.05. The molecule has 1 saturated heterocycles. The average Bonchev–Trinajstić information content (AvgIpc) is 2.57. The lowest BCUT2D eigenvalue weighted by Crippen LogP contribution is -2.48. The van der Waals surface area contributed by atoms with Crippen LogP contribution in [0.25, 0.3) is 0 Å². The van der Waals surface area contributed by atoms with E-state index in [4.69, 9.17) is 11.0 Å². The molecule has 0 aromatic heterocycles. The van der Waals surface area contributed by atoms with E-state index in [1.807, 2.05) is 20.8 Å². The predicted octanol–water partition coefficient (Wildman–Crippen LogP) is 1.26. The summed E-state index contributed by atoms with van der Waals surface area (Å²) >= 11 is 0. The zero-order valence-electron chi connectivity index (χ0n) is 10.3. The molecule has 0 unspecified atom stereocenters. The van der Waals surface area contributed by atoms with Crippen molar-refractivity contribution >= 4 is 5.91 Å². The van der Waals surface area contributed by atoms with Gasteiger partial charge >= 0.3 is 0 Å². The van der Waals surface area contributed by atoms with Gasteiger partial charge in [0.05, 0.1) is 12.1 Å². The Bertz CT molecular complexity index is 295. The molecule has 0 aromatic rings. The van der Waals surface area contributed by atoms with Gasteiger partial charge in [-0.2, -0.15) is 5.26 Å². The van der Waals surface area contributed by atoms with Crippen molar-refractivity contribution in [2.75, 3.05) is 0 Å². The first-order valence-corrected chi connectivity index (χ1v) is 5.94. The molecule has 1 amide bonds. The van der Waals surface area contributed by atoms with E-state index in [1.54, 1.807) is 4.90 Å². The Labute approximate surface area is 97.4 Å². The summed E-state index contributed by atoms with van der Waals surface area (Å²) in [5.74, 6) is 0.336. The van der Waals surface area contributed by atoms with Gasteiger partial charge in [-0.25, -0.2) is 0 Å². The molecular weight excluding hydrogens is 202 g/mol. The zero-order valence-corrected chi connectivity index (χ0v) is 10.3. The van der Waals surface area contributed by atoms with Crippen LogP contribution in [0.1, 0.15) is 40.0 Å². The highest BCUT2D eigenvalue weighted by atomic mass is 16.2. The third kappa shape index (κ3) is 2.73. The second-order valence-corrected chi connectivity index (χ2v) is 5.05. The van der Waals surface area contributed by atoms with Crippen LogP contribution in [0.3, 0.4) is 0 Å². The van der Waals surface area contributed by atoms with Crippen LogP contribution in [0.2, 0.25) is 0 Å². The number of hydrogen-bond donors (Lipinski definition) is 1. The summed E-state index contributed by atoms with van der Waals surface area (Å²) in [6, 6.07) is 1.59. The van der Waals surface area contributed by atoms with Crippen LogP contribution in [-0.4, -0.2) is 28.9 Å². The maximum absolute atomic E-state index is 12.1. The Balaban J connectivity index is 2.68. The fourth-order valence-electron chi connectivity index (χ4n) is 2.28. The summed E-state index contributed by atoms with van der Waals surface area (Å²) in [4.78, 5) is 13.8. The molecule has 0 bridgehead atoms. The summed E-state index contributed by atoms with van der Waals surface area (Å²) in [6.07, 6.45) is 2.36. The third-order valence-electron chi connectivity index (χ3n) is 3.11. The fraction of sp³-hybridized carbons (Fsp3) is 0.833. The van der Waals surface area contributed by atoms with E-state index in [9.17, 15) is 4.79 Å². The van der Waals surface area contributed by atoms with Crippen LogP contribution in [0.5, 0.6) is 0 Å². The molecule has 90 valence electrons. The van der Waals surface area contributed by atoms with Gasteiger partial charge in [0, 0.05) is 6.04 Å². The van der Waals surface area contributed by atoms with E-state index < -0.39 is 6.04 Å². The number of nitriles is 1. The third-order valence-corrected chi connectivity index (χ3v) is 3.11. The first-order chi connectivity index (χ1) is 7.47. The molecule has 0 radical (unpaired) electrons. The molecule has 1 rings (SSSR count). The van der Waals surface area contributed by atoms with E-state index in [2.05, 4.69) is 6.07 Å². The molecule has 4 heteroatoms. The highest BCUT2D eigenvalue weighted by Gasteiger charge is 2.36. The molecule has 1 fully saturated rings. The van der Waals surface area contributed by atoms with Gasteiger partial charge in [0.15, 0.2) is 0 Å². The molecule has 16 heavy (non-hydrogen) atoms. The highest BCUT2D eigenvalue weighted by Crippen LogP contribution is 2.24. The minimum absolute atomic E-state index is 0.0646. The molecule has 1 heterocycles. The average molecular weight is 223 g/mol. The topological polar surface area (TPSA) is 70.1 Å². The quantitative estimate of drug-likeness (QED) is 0.783. The highest BCUT2D eigenvalue weighted by molar-refractivity contribution is 5.82. The molecule has 1 aliphatic rings. The van der Waals surface area contributed by atoms with Gasteiger partial charge in [-0.15, -0.1) is 0 Å². The number of hydrogen-bond acceptors (Lipinski definition) is 3. The van der Waals surface area contributed by atoms with Gasteiger partial charge < -0.3 is 10.6 Å². The number of amides is 1. The smallest absolute Gasteiger partial charge is 0.240 e. The van der Waals surface area contributed by atoms with Gasteiger partial charge in [0.2, 0.25) is 5.91 Å². The number of nitrogens with zero attached hydrogens (tertiary/aromatic N) is 2. The lowest BCUT2D eigenvalue weighted by Gasteiger charge is -2.28. The summed E-state index contributed by atoms with van der Waals surface area (Å²) in [7, 11) is 0. The number of nitrogens with two attached hydrogens (primary N) is 1. The molecule has 3 atom stereocenters. The van der Waals surface area contributed by atoms with Crippen molar-refractivity contribution < 1.29 is 4.79 Å². The lowest BCUT2D eigenvalue weighted by atomic mass is 10.0. The van der Waals surface area contributed by atoms with Gasteiger partial charge in [-0.3, -0.25) is 4.79 Å².